The molecule has 0 aromatic carbocycles. The number of nitrogens with two attached hydrogens (primary N) is 1. The first-order valence-electron chi connectivity index (χ1n) is 3.67. The lowest BCUT2D eigenvalue weighted by molar-refractivity contribution is -0.121. The van der Waals surface area contributed by atoms with Crippen LogP contribution in [0.15, 0.2) is 5.10 Å². The van der Waals surface area contributed by atoms with Gasteiger partial charge in [0.15, 0.2) is 5.54 Å². The molecule has 0 unspecified atom stereocenters. The van der Waals surface area contributed by atoms with Crippen molar-refractivity contribution in [2.45, 2.75) is 12.5 Å². The number of primary amides is 1. The van der Waals surface area contributed by atoms with Crippen LogP contribution in [-0.2, 0) is 4.79 Å². The van der Waals surface area contributed by atoms with Crippen LogP contribution >= 0.6 is 0 Å². The third kappa shape index (κ3) is 1.97. The average Bonchev–Trinajstić information content (AvgIpc) is 2.25. The van der Waals surface area contributed by atoms with Crippen LogP contribution in [0.4, 0.5) is 9.59 Å². The zero-order valence-corrected chi connectivity index (χ0v) is 7.33. The molecule has 1 rings (SSSR count). The van der Waals surface area contributed by atoms with Crippen molar-refractivity contribution in [1.29, 1.82) is 0 Å². The molecule has 1 fully saturated rings. The van der Waals surface area contributed by atoms with Crippen molar-refractivity contribution >= 4 is 24.2 Å². The van der Waals surface area contributed by atoms with Gasteiger partial charge in [0.05, 0.1) is 6.21 Å². The van der Waals surface area contributed by atoms with Crippen LogP contribution in [0.3, 0.4) is 0 Å². The van der Waals surface area contributed by atoms with Crippen LogP contribution in [0.25, 0.3) is 0 Å². The quantitative estimate of drug-likeness (QED) is 0.239. The van der Waals surface area contributed by atoms with Crippen molar-refractivity contribution in [2.75, 3.05) is 0 Å². The second-order valence-electron chi connectivity index (χ2n) is 2.84. The fraction of sp³-hybridized carbons (Fsp3) is 0.333. The second kappa shape index (κ2) is 3.32. The summed E-state index contributed by atoms with van der Waals surface area (Å²) in [5, 5.41) is 7.72. The van der Waals surface area contributed by atoms with Crippen molar-refractivity contribution < 1.29 is 14.4 Å². The number of hydrogen-bond acceptors (Lipinski definition) is 4. The number of carbonyl (C=O) groups is 3. The van der Waals surface area contributed by atoms with Gasteiger partial charge in [-0.1, -0.05) is 0 Å². The van der Waals surface area contributed by atoms with Gasteiger partial charge >= 0.3 is 12.1 Å². The van der Waals surface area contributed by atoms with Gasteiger partial charge in [0, 0.05) is 0 Å². The van der Waals surface area contributed by atoms with Crippen LogP contribution in [0.5, 0.6) is 0 Å². The monoisotopic (exact) mass is 199 g/mol. The lowest BCUT2D eigenvalue weighted by Crippen LogP contribution is -2.46. The molecule has 0 aromatic heterocycles. The number of imide groups is 1. The number of carbonyl (C=O) groups excluding carboxylic acids is 3. The van der Waals surface area contributed by atoms with Crippen LogP contribution < -0.4 is 21.8 Å². The molecule has 8 heteroatoms. The zero-order chi connectivity index (χ0) is 10.8. The standard InChI is InChI=1S/C6H9N5O3/c1-6(2-8-11-4(7)13)3(12)9-5(14)10-6/h2H,1H3,(H3,7,11,13)(H2,9,10,12,14)/b8-2-/t6-/m1/s1. The molecule has 76 valence electrons. The van der Waals surface area contributed by atoms with Crippen molar-refractivity contribution in [1.82, 2.24) is 16.1 Å². The largest absolute Gasteiger partial charge is 0.350 e. The fourth-order valence-electron chi connectivity index (χ4n) is 0.873. The molecule has 14 heavy (non-hydrogen) atoms. The average molecular weight is 199 g/mol. The van der Waals surface area contributed by atoms with Crippen LogP contribution in [0.2, 0.25) is 0 Å². The van der Waals surface area contributed by atoms with Gasteiger partial charge in [0.1, 0.15) is 0 Å². The van der Waals surface area contributed by atoms with Crippen molar-refractivity contribution in [3.8, 4) is 0 Å². The first-order chi connectivity index (χ1) is 6.44. The van der Waals surface area contributed by atoms with Gasteiger partial charge in [-0.2, -0.15) is 5.10 Å². The number of nitrogens with one attached hydrogen (secondary N) is 3. The molecule has 0 spiro atoms. The van der Waals surface area contributed by atoms with E-state index in [-0.39, 0.29) is 0 Å². The fourth-order valence-corrected chi connectivity index (χ4v) is 0.873. The molecule has 0 aromatic rings. The normalized spacial score (nSPS) is 26.1. The minimum atomic E-state index is -1.25. The SMILES string of the molecule is C[C@]1(/C=N\NC(N)=O)NC(=O)NC1=O. The number of hydrogen-bond donors (Lipinski definition) is 4. The molecule has 0 aliphatic carbocycles. The van der Waals surface area contributed by atoms with Crippen LogP contribution in [0.1, 0.15) is 6.92 Å². The number of nitrogens with zero attached hydrogens (tertiary/aromatic N) is 1. The smallest absolute Gasteiger partial charge is 0.332 e. The molecular weight excluding hydrogens is 190 g/mol. The minimum Gasteiger partial charge on any atom is -0.350 e. The van der Waals surface area contributed by atoms with E-state index in [1.54, 1.807) is 0 Å². The maximum absolute atomic E-state index is 11.2. The van der Waals surface area contributed by atoms with E-state index in [1.165, 1.54) is 6.92 Å². The van der Waals surface area contributed by atoms with Gasteiger partial charge in [-0.15, -0.1) is 0 Å². The van der Waals surface area contributed by atoms with E-state index >= 15 is 0 Å². The molecule has 0 bridgehead atoms. The van der Waals surface area contributed by atoms with E-state index in [2.05, 4.69) is 10.4 Å². The Morgan fingerprint density at radius 2 is 2.29 bits per heavy atom. The summed E-state index contributed by atoms with van der Waals surface area (Å²) in [6, 6.07) is -1.46. The Balaban J connectivity index is 2.67. The Bertz CT molecular complexity index is 325. The maximum atomic E-state index is 11.2. The number of hydrazone groups is 1. The van der Waals surface area contributed by atoms with Crippen molar-refractivity contribution in [3.05, 3.63) is 0 Å². The highest BCUT2D eigenvalue weighted by molar-refractivity contribution is 6.16. The molecular formula is C6H9N5O3. The summed E-state index contributed by atoms with van der Waals surface area (Å²) in [7, 11) is 0. The Hall–Kier alpha value is -2.12. The van der Waals surface area contributed by atoms with Crippen LogP contribution in [0, 0.1) is 0 Å². The number of rotatable bonds is 2. The first kappa shape index (κ1) is 9.96. The summed E-state index contributed by atoms with van der Waals surface area (Å²) < 4.78 is 0. The van der Waals surface area contributed by atoms with E-state index in [0.29, 0.717) is 0 Å². The summed E-state index contributed by atoms with van der Waals surface area (Å²) in [5.41, 5.74) is 5.39. The van der Waals surface area contributed by atoms with E-state index in [0.717, 1.165) is 6.21 Å². The number of amides is 5. The highest BCUT2D eigenvalue weighted by Crippen LogP contribution is 2.05. The molecule has 1 atom stereocenters. The van der Waals surface area contributed by atoms with E-state index in [1.807, 2.05) is 10.7 Å². The second-order valence-corrected chi connectivity index (χ2v) is 2.84. The molecule has 1 saturated heterocycles. The third-order valence-corrected chi connectivity index (χ3v) is 1.57. The van der Waals surface area contributed by atoms with Gasteiger partial charge in [0.2, 0.25) is 0 Å². The Morgan fingerprint density at radius 1 is 1.64 bits per heavy atom. The summed E-state index contributed by atoms with van der Waals surface area (Å²) in [5.74, 6) is -0.544. The predicted molar refractivity (Wildman–Crippen MR) is 46.3 cm³/mol. The van der Waals surface area contributed by atoms with Crippen molar-refractivity contribution in [3.63, 3.8) is 0 Å². The molecule has 8 nitrogen and oxygen atoms in total. The maximum Gasteiger partial charge on any atom is 0.332 e. The van der Waals surface area contributed by atoms with E-state index in [9.17, 15) is 14.4 Å². The topological polar surface area (TPSA) is 126 Å². The van der Waals surface area contributed by atoms with E-state index in [4.69, 9.17) is 5.73 Å². The molecule has 5 amide bonds. The predicted octanol–water partition coefficient (Wildman–Crippen LogP) is -1.76. The van der Waals surface area contributed by atoms with Crippen LogP contribution in [-0.4, -0.2) is 29.7 Å². The summed E-state index contributed by atoms with van der Waals surface area (Å²) >= 11 is 0. The Morgan fingerprint density at radius 3 is 2.71 bits per heavy atom. The highest BCUT2D eigenvalue weighted by Gasteiger charge is 2.40. The van der Waals surface area contributed by atoms with Gasteiger partial charge in [0.25, 0.3) is 5.91 Å². The Kier molecular flexibility index (Phi) is 2.36. The van der Waals surface area contributed by atoms with Crippen molar-refractivity contribution in [2.24, 2.45) is 10.8 Å². The van der Waals surface area contributed by atoms with Gasteiger partial charge in [-0.25, -0.2) is 15.0 Å². The van der Waals surface area contributed by atoms with E-state index < -0.39 is 23.5 Å². The summed E-state index contributed by atoms with van der Waals surface area (Å²) in [6.07, 6.45) is 1.08. The molecule has 1 aliphatic heterocycles. The molecule has 5 N–H and O–H groups in total. The zero-order valence-electron chi connectivity index (χ0n) is 7.33. The minimum absolute atomic E-state index is 0.544. The molecule has 1 heterocycles. The summed E-state index contributed by atoms with van der Waals surface area (Å²) in [4.78, 5) is 32.1. The number of urea groups is 2. The Labute approximate surface area is 78.9 Å². The first-order valence-corrected chi connectivity index (χ1v) is 3.67. The molecule has 0 saturated carbocycles. The van der Waals surface area contributed by atoms with Gasteiger partial charge < -0.3 is 11.1 Å². The lowest BCUT2D eigenvalue weighted by Gasteiger charge is -2.13. The third-order valence-electron chi connectivity index (χ3n) is 1.57. The lowest BCUT2D eigenvalue weighted by atomic mass is 10.1. The highest BCUT2D eigenvalue weighted by atomic mass is 16.2. The van der Waals surface area contributed by atoms with Gasteiger partial charge in [-0.3, -0.25) is 10.1 Å². The molecule has 1 aliphatic rings. The molecule has 0 radical (unpaired) electrons. The van der Waals surface area contributed by atoms with Gasteiger partial charge in [-0.05, 0) is 6.92 Å². The summed E-state index contributed by atoms with van der Waals surface area (Å²) in [6.45, 7) is 1.43.